The van der Waals surface area contributed by atoms with Crippen molar-refractivity contribution in [1.29, 1.82) is 0 Å². The largest absolute Gasteiger partial charge is 0.416 e. The van der Waals surface area contributed by atoms with Crippen molar-refractivity contribution in [3.63, 3.8) is 0 Å². The summed E-state index contributed by atoms with van der Waals surface area (Å²) in [6.45, 7) is 2.46. The van der Waals surface area contributed by atoms with Crippen LogP contribution in [0.4, 0.5) is 36.7 Å². The first kappa shape index (κ1) is 39.8. The van der Waals surface area contributed by atoms with Crippen molar-refractivity contribution in [3.8, 4) is 11.3 Å². The quantitative estimate of drug-likeness (QED) is 0.117. The molecule has 276 valence electrons. The molecule has 0 saturated heterocycles. The summed E-state index contributed by atoms with van der Waals surface area (Å²) in [6.07, 6.45) is -0.844. The Kier molecular flexibility index (Phi) is 12.7. The minimum absolute atomic E-state index is 0.0602. The third kappa shape index (κ3) is 11.5. The molecule has 0 atom stereocenters. The summed E-state index contributed by atoms with van der Waals surface area (Å²) < 4.78 is 85.4. The van der Waals surface area contributed by atoms with Crippen molar-refractivity contribution in [3.05, 3.63) is 106 Å². The maximum atomic E-state index is 13.2. The fraction of sp³-hybridized carbons (Fsp3) is 0.235. The van der Waals surface area contributed by atoms with Gasteiger partial charge in [0.1, 0.15) is 16.8 Å². The van der Waals surface area contributed by atoms with Gasteiger partial charge in [-0.3, -0.25) is 0 Å². The Morgan fingerprint density at radius 3 is 1.60 bits per heavy atom. The molecule has 18 heteroatoms. The number of nitrogens with one attached hydrogen (secondary N) is 2. The molecule has 0 saturated carbocycles. The number of hydrogen-bond donors (Lipinski definition) is 4. The Morgan fingerprint density at radius 1 is 0.692 bits per heavy atom. The van der Waals surface area contributed by atoms with Crippen LogP contribution in [0.25, 0.3) is 11.3 Å². The van der Waals surface area contributed by atoms with Crippen molar-refractivity contribution >= 4 is 54.8 Å². The average molecular weight is 777 g/mol. The smallest absolute Gasteiger partial charge is 0.370 e. The molecule has 0 unspecified atom stereocenters. The van der Waals surface area contributed by atoms with Gasteiger partial charge in [0.2, 0.25) is 11.9 Å². The van der Waals surface area contributed by atoms with E-state index in [1.807, 2.05) is 0 Å². The normalized spacial score (nSPS) is 11.8. The molecule has 0 amide bonds. The molecule has 5 rings (SSSR count). The number of nitrogen functional groups attached to an aromatic ring is 2. The standard InChI is InChI=1S/C21H21F3N4O2S.C13H15ClN4O2S/c1-13-16(4-3-5-17(13)21(22,23)24)18-12-19(28-20(25)27-18)26-11-10-14-6-8-15(9-7-14)31(2,29)30;1-21(19,20)10-4-2-9(3-5-10)6-7-16-12-8-11(14)17-13(15)18-12/h3-9,12H,10-11H2,1-2H3,(H3,25,26,27,28);2-5,8H,6-7H2,1H3,(H3,15,16,17,18). The average Bonchev–Trinajstić information content (AvgIpc) is 3.04. The maximum Gasteiger partial charge on any atom is 0.416 e. The van der Waals surface area contributed by atoms with Crippen LogP contribution < -0.4 is 22.1 Å². The highest BCUT2D eigenvalue weighted by Crippen LogP contribution is 2.36. The zero-order chi connectivity index (χ0) is 38.3. The molecule has 0 bridgehead atoms. The van der Waals surface area contributed by atoms with Crippen molar-refractivity contribution < 1.29 is 30.0 Å². The molecule has 0 radical (unpaired) electrons. The van der Waals surface area contributed by atoms with E-state index in [0.717, 1.165) is 23.4 Å². The Hall–Kier alpha value is -5.00. The SMILES string of the molecule is CS(=O)(=O)c1ccc(CCNc2cc(Cl)nc(N)n2)cc1.Cc1c(-c2cc(NCCc3ccc(S(C)(=O)=O)cc3)nc(N)n2)cccc1C(F)(F)F. The summed E-state index contributed by atoms with van der Waals surface area (Å²) in [5.74, 6) is 0.990. The molecule has 5 aromatic rings. The highest BCUT2D eigenvalue weighted by atomic mass is 35.5. The summed E-state index contributed by atoms with van der Waals surface area (Å²) in [5, 5.41) is 6.45. The van der Waals surface area contributed by atoms with Gasteiger partial charge in [-0.2, -0.15) is 23.1 Å². The number of hydrogen-bond acceptors (Lipinski definition) is 12. The lowest BCUT2D eigenvalue weighted by molar-refractivity contribution is -0.138. The van der Waals surface area contributed by atoms with E-state index in [-0.39, 0.29) is 33.2 Å². The van der Waals surface area contributed by atoms with Crippen LogP contribution in [0.2, 0.25) is 5.15 Å². The van der Waals surface area contributed by atoms with Crippen molar-refractivity contribution in [2.45, 2.75) is 35.7 Å². The molecule has 0 aliphatic heterocycles. The zero-order valence-electron chi connectivity index (χ0n) is 28.2. The predicted octanol–water partition coefficient (Wildman–Crippen LogP) is 5.88. The van der Waals surface area contributed by atoms with Gasteiger partial charge in [0, 0.05) is 43.3 Å². The highest BCUT2D eigenvalue weighted by Gasteiger charge is 2.33. The Bertz CT molecular complexity index is 2220. The van der Waals surface area contributed by atoms with Gasteiger partial charge in [0.25, 0.3) is 0 Å². The van der Waals surface area contributed by atoms with Gasteiger partial charge < -0.3 is 22.1 Å². The second-order valence-electron chi connectivity index (χ2n) is 11.6. The summed E-state index contributed by atoms with van der Waals surface area (Å²) in [5.41, 5.74) is 13.1. The van der Waals surface area contributed by atoms with E-state index in [4.69, 9.17) is 23.1 Å². The van der Waals surface area contributed by atoms with Crippen LogP contribution in [0.1, 0.15) is 22.3 Å². The maximum absolute atomic E-state index is 13.2. The van der Waals surface area contributed by atoms with Gasteiger partial charge in [0.15, 0.2) is 19.7 Å². The van der Waals surface area contributed by atoms with Gasteiger partial charge in [-0.25, -0.2) is 26.8 Å². The Labute approximate surface area is 304 Å². The summed E-state index contributed by atoms with van der Waals surface area (Å²) in [4.78, 5) is 16.5. The van der Waals surface area contributed by atoms with Crippen LogP contribution in [-0.2, 0) is 38.7 Å². The fourth-order valence-corrected chi connectivity index (χ4v) is 6.37. The van der Waals surface area contributed by atoms with E-state index < -0.39 is 31.4 Å². The lowest BCUT2D eigenvalue weighted by Gasteiger charge is -2.14. The minimum atomic E-state index is -4.47. The first-order chi connectivity index (χ1) is 24.3. The van der Waals surface area contributed by atoms with Gasteiger partial charge >= 0.3 is 6.18 Å². The molecular formula is C34H36ClF3N8O4S2. The molecule has 2 heterocycles. The molecular weight excluding hydrogens is 741 g/mol. The fourth-order valence-electron chi connectivity index (χ4n) is 4.92. The number of nitrogens with two attached hydrogens (primary N) is 2. The first-order valence-electron chi connectivity index (χ1n) is 15.5. The number of alkyl halides is 3. The van der Waals surface area contributed by atoms with Crippen LogP contribution >= 0.6 is 11.6 Å². The number of sulfone groups is 2. The lowest BCUT2D eigenvalue weighted by Crippen LogP contribution is -2.10. The number of rotatable bonds is 11. The molecule has 52 heavy (non-hydrogen) atoms. The molecule has 0 aliphatic carbocycles. The minimum Gasteiger partial charge on any atom is -0.370 e. The third-order valence-corrected chi connectivity index (χ3v) is 9.96. The number of benzene rings is 3. The summed E-state index contributed by atoms with van der Waals surface area (Å²) in [7, 11) is -6.41. The Morgan fingerprint density at radius 2 is 1.15 bits per heavy atom. The molecule has 0 fully saturated rings. The molecule has 3 aromatic carbocycles. The van der Waals surface area contributed by atoms with Gasteiger partial charge in [0.05, 0.1) is 21.0 Å². The number of anilines is 4. The lowest BCUT2D eigenvalue weighted by atomic mass is 9.99. The molecule has 2 aromatic heterocycles. The van der Waals surface area contributed by atoms with Crippen LogP contribution in [0.5, 0.6) is 0 Å². The topological polar surface area (TPSA) is 196 Å². The van der Waals surface area contributed by atoms with E-state index in [9.17, 15) is 30.0 Å². The second kappa shape index (κ2) is 16.6. The second-order valence-corrected chi connectivity index (χ2v) is 16.0. The van der Waals surface area contributed by atoms with E-state index >= 15 is 0 Å². The van der Waals surface area contributed by atoms with Crippen LogP contribution in [0, 0.1) is 6.92 Å². The number of halogens is 4. The number of nitrogens with zero attached hydrogens (tertiary/aromatic N) is 4. The van der Waals surface area contributed by atoms with Crippen LogP contribution in [-0.4, -0.2) is 62.4 Å². The van der Waals surface area contributed by atoms with Crippen molar-refractivity contribution in [1.82, 2.24) is 19.9 Å². The monoisotopic (exact) mass is 776 g/mol. The molecule has 0 spiro atoms. The molecule has 0 aliphatic rings. The Balaban J connectivity index is 0.000000251. The molecule has 6 N–H and O–H groups in total. The summed E-state index contributed by atoms with van der Waals surface area (Å²) in [6, 6.07) is 20.4. The van der Waals surface area contributed by atoms with Gasteiger partial charge in [-0.05, 0) is 66.8 Å². The van der Waals surface area contributed by atoms with Crippen molar-refractivity contribution in [2.24, 2.45) is 0 Å². The van der Waals surface area contributed by atoms with E-state index in [2.05, 4.69) is 30.6 Å². The summed E-state index contributed by atoms with van der Waals surface area (Å²) >= 11 is 5.78. The first-order valence-corrected chi connectivity index (χ1v) is 19.6. The zero-order valence-corrected chi connectivity index (χ0v) is 30.6. The van der Waals surface area contributed by atoms with Gasteiger partial charge in [-0.1, -0.05) is 48.0 Å². The van der Waals surface area contributed by atoms with E-state index in [0.29, 0.717) is 48.0 Å². The van der Waals surface area contributed by atoms with Crippen LogP contribution in [0.15, 0.2) is 88.7 Å². The third-order valence-electron chi connectivity index (χ3n) is 7.51. The van der Waals surface area contributed by atoms with E-state index in [1.165, 1.54) is 19.2 Å². The highest BCUT2D eigenvalue weighted by molar-refractivity contribution is 7.91. The van der Waals surface area contributed by atoms with Crippen molar-refractivity contribution in [2.75, 3.05) is 47.7 Å². The molecule has 12 nitrogen and oxygen atoms in total. The van der Waals surface area contributed by atoms with Gasteiger partial charge in [-0.15, -0.1) is 0 Å². The van der Waals surface area contributed by atoms with E-state index in [1.54, 1.807) is 66.7 Å². The van der Waals surface area contributed by atoms with Crippen LogP contribution in [0.3, 0.4) is 0 Å². The number of aromatic nitrogens is 4. The predicted molar refractivity (Wildman–Crippen MR) is 197 cm³/mol.